The summed E-state index contributed by atoms with van der Waals surface area (Å²) >= 11 is 0. The second kappa shape index (κ2) is 9.54. The monoisotopic (exact) mass is 448 g/mol. The summed E-state index contributed by atoms with van der Waals surface area (Å²) in [4.78, 5) is 1.91. The number of rotatable bonds is 8. The van der Waals surface area contributed by atoms with Gasteiger partial charge >= 0.3 is 0 Å². The Labute approximate surface area is 193 Å². The van der Waals surface area contributed by atoms with Gasteiger partial charge in [-0.05, 0) is 45.6 Å². The van der Waals surface area contributed by atoms with Crippen LogP contribution in [0.15, 0.2) is 48.5 Å². The SMILES string of the molecule is CNCCC(Oc1cccc(-n2nc3c(N(C)C)nnc(C)c3c2C)c1)c1ccccc1F. The Bertz CT molecular complexity index is 1270. The maximum absolute atomic E-state index is 14.5. The molecule has 33 heavy (non-hydrogen) atoms. The summed E-state index contributed by atoms with van der Waals surface area (Å²) < 4.78 is 22.7. The Balaban J connectivity index is 1.73. The van der Waals surface area contributed by atoms with Crippen LogP contribution in [-0.2, 0) is 0 Å². The van der Waals surface area contributed by atoms with E-state index >= 15 is 0 Å². The Hall–Kier alpha value is -3.52. The maximum Gasteiger partial charge on any atom is 0.179 e. The molecule has 0 bridgehead atoms. The fraction of sp³-hybridized carbons (Fsp3) is 0.320. The van der Waals surface area contributed by atoms with Crippen LogP contribution in [0.3, 0.4) is 0 Å². The summed E-state index contributed by atoms with van der Waals surface area (Å²) in [6, 6.07) is 14.5. The average molecular weight is 449 g/mol. The second-order valence-electron chi connectivity index (χ2n) is 8.24. The van der Waals surface area contributed by atoms with Gasteiger partial charge in [0.2, 0.25) is 0 Å². The molecule has 0 aliphatic carbocycles. The van der Waals surface area contributed by atoms with E-state index in [9.17, 15) is 4.39 Å². The number of benzene rings is 2. The Morgan fingerprint density at radius 3 is 2.61 bits per heavy atom. The van der Waals surface area contributed by atoms with Crippen molar-refractivity contribution in [2.75, 3.05) is 32.6 Å². The predicted molar refractivity (Wildman–Crippen MR) is 129 cm³/mol. The van der Waals surface area contributed by atoms with E-state index < -0.39 is 6.10 Å². The minimum atomic E-state index is -0.414. The van der Waals surface area contributed by atoms with Crippen LogP contribution in [0, 0.1) is 19.7 Å². The lowest BCUT2D eigenvalue weighted by Gasteiger charge is -2.20. The molecule has 0 aliphatic heterocycles. The zero-order chi connectivity index (χ0) is 23.5. The minimum Gasteiger partial charge on any atom is -0.486 e. The molecule has 7 nitrogen and oxygen atoms in total. The van der Waals surface area contributed by atoms with Gasteiger partial charge < -0.3 is 15.0 Å². The molecular formula is C25H29FN6O. The molecule has 0 saturated heterocycles. The fourth-order valence-corrected chi connectivity index (χ4v) is 4.01. The van der Waals surface area contributed by atoms with Gasteiger partial charge in [-0.1, -0.05) is 24.3 Å². The lowest BCUT2D eigenvalue weighted by molar-refractivity contribution is 0.190. The van der Waals surface area contributed by atoms with Gasteiger partial charge in [-0.25, -0.2) is 9.07 Å². The first-order valence-electron chi connectivity index (χ1n) is 11.0. The van der Waals surface area contributed by atoms with Crippen LogP contribution in [0.25, 0.3) is 16.6 Å². The largest absolute Gasteiger partial charge is 0.486 e. The van der Waals surface area contributed by atoms with Crippen molar-refractivity contribution < 1.29 is 9.13 Å². The van der Waals surface area contributed by atoms with Crippen molar-refractivity contribution in [1.29, 1.82) is 0 Å². The molecule has 1 unspecified atom stereocenters. The third-order valence-electron chi connectivity index (χ3n) is 5.66. The molecule has 1 atom stereocenters. The molecule has 0 spiro atoms. The molecule has 8 heteroatoms. The Morgan fingerprint density at radius 2 is 1.88 bits per heavy atom. The first kappa shape index (κ1) is 22.7. The lowest BCUT2D eigenvalue weighted by atomic mass is 10.1. The summed E-state index contributed by atoms with van der Waals surface area (Å²) in [5.74, 6) is 1.10. The summed E-state index contributed by atoms with van der Waals surface area (Å²) in [5.41, 5.74) is 4.00. The summed E-state index contributed by atoms with van der Waals surface area (Å²) in [6.07, 6.45) is 0.220. The van der Waals surface area contributed by atoms with Crippen molar-refractivity contribution in [2.24, 2.45) is 0 Å². The molecule has 172 valence electrons. The van der Waals surface area contributed by atoms with Crippen LogP contribution in [0.5, 0.6) is 5.75 Å². The van der Waals surface area contributed by atoms with Crippen molar-refractivity contribution >= 4 is 16.7 Å². The van der Waals surface area contributed by atoms with Crippen molar-refractivity contribution in [3.8, 4) is 11.4 Å². The van der Waals surface area contributed by atoms with Gasteiger partial charge in [-0.15, -0.1) is 5.10 Å². The zero-order valence-electron chi connectivity index (χ0n) is 19.6. The van der Waals surface area contributed by atoms with Crippen molar-refractivity contribution in [3.05, 3.63) is 71.3 Å². The highest BCUT2D eigenvalue weighted by molar-refractivity contribution is 5.92. The van der Waals surface area contributed by atoms with E-state index in [1.165, 1.54) is 6.07 Å². The van der Waals surface area contributed by atoms with Gasteiger partial charge in [0.15, 0.2) is 5.82 Å². The van der Waals surface area contributed by atoms with Crippen LogP contribution in [0.4, 0.5) is 10.2 Å². The Morgan fingerprint density at radius 1 is 1.09 bits per heavy atom. The number of nitrogens with zero attached hydrogens (tertiary/aromatic N) is 5. The Kier molecular flexibility index (Phi) is 6.55. The molecular weight excluding hydrogens is 419 g/mol. The molecule has 2 aromatic carbocycles. The molecule has 2 heterocycles. The molecule has 0 amide bonds. The molecule has 0 fully saturated rings. The molecule has 4 rings (SSSR count). The molecule has 0 radical (unpaired) electrons. The number of anilines is 1. The smallest absolute Gasteiger partial charge is 0.179 e. The van der Waals surface area contributed by atoms with E-state index in [4.69, 9.17) is 9.84 Å². The maximum atomic E-state index is 14.5. The number of aryl methyl sites for hydroxylation is 2. The number of hydrogen-bond donors (Lipinski definition) is 1. The summed E-state index contributed by atoms with van der Waals surface area (Å²) in [6.45, 7) is 4.66. The number of ether oxygens (including phenoxy) is 1. The van der Waals surface area contributed by atoms with E-state index in [2.05, 4.69) is 15.5 Å². The fourth-order valence-electron chi connectivity index (χ4n) is 4.01. The van der Waals surface area contributed by atoms with Gasteiger partial charge in [-0.3, -0.25) is 0 Å². The van der Waals surface area contributed by atoms with Crippen LogP contribution in [0.2, 0.25) is 0 Å². The first-order chi connectivity index (χ1) is 15.9. The van der Waals surface area contributed by atoms with E-state index in [0.717, 1.165) is 33.8 Å². The molecule has 0 saturated carbocycles. The van der Waals surface area contributed by atoms with Crippen LogP contribution in [-0.4, -0.2) is 47.7 Å². The van der Waals surface area contributed by atoms with Crippen LogP contribution < -0.4 is 15.0 Å². The van der Waals surface area contributed by atoms with Crippen LogP contribution in [0.1, 0.15) is 29.5 Å². The average Bonchev–Trinajstić information content (AvgIpc) is 3.15. The second-order valence-corrected chi connectivity index (χ2v) is 8.24. The van der Waals surface area contributed by atoms with Gasteiger partial charge in [0.1, 0.15) is 23.2 Å². The number of hydrogen-bond acceptors (Lipinski definition) is 6. The highest BCUT2D eigenvalue weighted by atomic mass is 19.1. The molecule has 2 aromatic heterocycles. The van der Waals surface area contributed by atoms with E-state index in [1.807, 2.05) is 74.9 Å². The number of aromatic nitrogens is 4. The van der Waals surface area contributed by atoms with E-state index in [0.29, 0.717) is 24.3 Å². The third kappa shape index (κ3) is 4.52. The summed E-state index contributed by atoms with van der Waals surface area (Å²) in [7, 11) is 5.73. The van der Waals surface area contributed by atoms with Crippen molar-refractivity contribution in [3.63, 3.8) is 0 Å². The van der Waals surface area contributed by atoms with Crippen molar-refractivity contribution in [2.45, 2.75) is 26.4 Å². The van der Waals surface area contributed by atoms with Gasteiger partial charge in [0, 0.05) is 32.1 Å². The zero-order valence-corrected chi connectivity index (χ0v) is 19.6. The van der Waals surface area contributed by atoms with Gasteiger partial charge in [0.05, 0.1) is 22.5 Å². The highest BCUT2D eigenvalue weighted by Gasteiger charge is 2.20. The minimum absolute atomic E-state index is 0.268. The summed E-state index contributed by atoms with van der Waals surface area (Å²) in [5, 5.41) is 17.6. The standard InChI is InChI=1S/C25H29FN6O/c1-16-23-17(2)32(30-24(23)25(29-28-16)31(4)5)18-9-8-10-19(15-18)33-22(13-14-27-3)20-11-6-7-12-21(20)26/h6-12,15,22,27H,13-14H2,1-5H3. The molecule has 0 aliphatic rings. The topological polar surface area (TPSA) is 68.1 Å². The quantitative estimate of drug-likeness (QED) is 0.432. The number of fused-ring (bicyclic) bond motifs is 1. The number of nitrogens with one attached hydrogen (secondary N) is 1. The van der Waals surface area contributed by atoms with Crippen molar-refractivity contribution in [1.82, 2.24) is 25.3 Å². The lowest BCUT2D eigenvalue weighted by Crippen LogP contribution is -2.17. The predicted octanol–water partition coefficient (Wildman–Crippen LogP) is 4.37. The molecule has 4 aromatic rings. The van der Waals surface area contributed by atoms with E-state index in [-0.39, 0.29) is 5.82 Å². The first-order valence-corrected chi connectivity index (χ1v) is 11.0. The number of halogens is 1. The van der Waals surface area contributed by atoms with Gasteiger partial charge in [0.25, 0.3) is 0 Å². The third-order valence-corrected chi connectivity index (χ3v) is 5.66. The highest BCUT2D eigenvalue weighted by Crippen LogP contribution is 2.31. The van der Waals surface area contributed by atoms with Gasteiger partial charge in [-0.2, -0.15) is 10.2 Å². The van der Waals surface area contributed by atoms with Crippen LogP contribution >= 0.6 is 0 Å². The molecule has 1 N–H and O–H groups in total. The normalized spacial score (nSPS) is 12.2. The van der Waals surface area contributed by atoms with E-state index in [1.54, 1.807) is 12.1 Å².